The van der Waals surface area contributed by atoms with E-state index < -0.39 is 0 Å². The minimum Gasteiger partial charge on any atom is -0.507 e. The second-order valence-corrected chi connectivity index (χ2v) is 15.7. The van der Waals surface area contributed by atoms with Gasteiger partial charge < -0.3 is 10.0 Å². The molecule has 5 aromatic carbocycles. The minimum absolute atomic E-state index is 0. The molecule has 0 fully saturated rings. The summed E-state index contributed by atoms with van der Waals surface area (Å²) in [7, 11) is 0. The van der Waals surface area contributed by atoms with Crippen molar-refractivity contribution in [1.82, 2.24) is 9.97 Å². The van der Waals surface area contributed by atoms with Gasteiger partial charge in [-0.25, -0.2) is 4.98 Å². The molecule has 7 rings (SSSR count). The number of pyridine rings is 2. The summed E-state index contributed by atoms with van der Waals surface area (Å²) in [6.07, 6.45) is 2.53. The van der Waals surface area contributed by atoms with E-state index >= 15 is 0 Å². The monoisotopic (exact) mass is 887 g/mol. The number of nitrogens with zero attached hydrogens (tertiary/aromatic N) is 3. The van der Waals surface area contributed by atoms with E-state index in [1.54, 1.807) is 0 Å². The van der Waals surface area contributed by atoms with Gasteiger partial charge in [0.2, 0.25) is 0 Å². The van der Waals surface area contributed by atoms with Crippen LogP contribution in [-0.2, 0) is 38.3 Å². The van der Waals surface area contributed by atoms with Crippen molar-refractivity contribution in [2.45, 2.75) is 58.8 Å². The molecule has 0 bridgehead atoms. The van der Waals surface area contributed by atoms with E-state index in [1.807, 2.05) is 54.7 Å². The summed E-state index contributed by atoms with van der Waals surface area (Å²) in [5.41, 5.74) is 11.0. The molecule has 274 valence electrons. The normalized spacial score (nSPS) is 11.5. The summed E-state index contributed by atoms with van der Waals surface area (Å²) in [6, 6.07) is 53.9. The number of para-hydroxylation sites is 1. The summed E-state index contributed by atoms with van der Waals surface area (Å²) in [4.78, 5) is 12.3. The van der Waals surface area contributed by atoms with E-state index in [0.29, 0.717) is 6.42 Å². The number of hydrogen-bond donors (Lipinski definition) is 1. The van der Waals surface area contributed by atoms with Crippen LogP contribution in [0, 0.1) is 6.07 Å². The molecule has 0 aliphatic carbocycles. The molecule has 0 radical (unpaired) electrons. The zero-order valence-corrected chi connectivity index (χ0v) is 34.0. The van der Waals surface area contributed by atoms with Crippen LogP contribution in [0.3, 0.4) is 0 Å². The SMILES string of the molecule is CC(C)(C)c1cc(-c2cc(Cc3ccccc3)cc(-c3[c-]c(N(c4ccccc4)c4ccccn4)cc(-c4ccccc4)c3)n2)c(O)c(C(C)(C)C)c1.[Pt]. The van der Waals surface area contributed by atoms with Crippen LogP contribution in [-0.4, -0.2) is 15.1 Å². The zero-order chi connectivity index (χ0) is 37.2. The molecule has 2 aromatic heterocycles. The Kier molecular flexibility index (Phi) is 11.4. The molecule has 2 heterocycles. The van der Waals surface area contributed by atoms with Gasteiger partial charge in [-0.15, -0.1) is 23.8 Å². The maximum absolute atomic E-state index is 12.0. The van der Waals surface area contributed by atoms with Crippen LogP contribution < -0.4 is 4.90 Å². The predicted octanol–water partition coefficient (Wildman–Crippen LogP) is 12.6. The Hall–Kier alpha value is -5.31. The van der Waals surface area contributed by atoms with E-state index in [2.05, 4.69) is 150 Å². The van der Waals surface area contributed by atoms with Gasteiger partial charge in [0.05, 0.1) is 5.69 Å². The van der Waals surface area contributed by atoms with E-state index in [9.17, 15) is 5.11 Å². The molecule has 0 unspecified atom stereocenters. The summed E-state index contributed by atoms with van der Waals surface area (Å²) in [5.74, 6) is 1.06. The molecule has 0 atom stereocenters. The van der Waals surface area contributed by atoms with Gasteiger partial charge in [-0.2, -0.15) is 0 Å². The van der Waals surface area contributed by atoms with Gasteiger partial charge in [-0.3, -0.25) is 4.98 Å². The first kappa shape index (κ1) is 38.4. The van der Waals surface area contributed by atoms with Crippen molar-refractivity contribution in [3.8, 4) is 39.4 Å². The maximum Gasteiger partial charge on any atom is 0.136 e. The van der Waals surface area contributed by atoms with Crippen molar-refractivity contribution in [3.05, 3.63) is 180 Å². The number of aromatic nitrogens is 2. The second-order valence-electron chi connectivity index (χ2n) is 15.7. The number of anilines is 3. The molecule has 4 nitrogen and oxygen atoms in total. The van der Waals surface area contributed by atoms with Crippen LogP contribution in [0.15, 0.2) is 152 Å². The molecule has 54 heavy (non-hydrogen) atoms. The molecule has 0 aliphatic heterocycles. The number of benzene rings is 5. The topological polar surface area (TPSA) is 49.2 Å². The molecular formula is C49H46N3OPt-. The summed E-state index contributed by atoms with van der Waals surface area (Å²) < 4.78 is 0. The van der Waals surface area contributed by atoms with Crippen LogP contribution in [0.1, 0.15) is 63.8 Å². The van der Waals surface area contributed by atoms with Crippen molar-refractivity contribution >= 4 is 17.2 Å². The third-order valence-electron chi connectivity index (χ3n) is 9.57. The third kappa shape index (κ3) is 8.56. The number of phenols is 1. The minimum atomic E-state index is -0.274. The van der Waals surface area contributed by atoms with Crippen LogP contribution in [0.25, 0.3) is 33.6 Å². The summed E-state index contributed by atoms with van der Waals surface area (Å²) >= 11 is 0. The molecule has 0 aliphatic rings. The fourth-order valence-electron chi connectivity index (χ4n) is 6.70. The van der Waals surface area contributed by atoms with Gasteiger partial charge in [-0.05, 0) is 87.3 Å². The zero-order valence-electron chi connectivity index (χ0n) is 31.7. The van der Waals surface area contributed by atoms with Gasteiger partial charge in [0, 0.05) is 44.1 Å². The second kappa shape index (κ2) is 16.0. The quantitative estimate of drug-likeness (QED) is 0.154. The fraction of sp³-hybridized carbons (Fsp3) is 0.184. The van der Waals surface area contributed by atoms with Gasteiger partial charge in [0.25, 0.3) is 0 Å². The van der Waals surface area contributed by atoms with E-state index in [0.717, 1.165) is 67.5 Å². The Morgan fingerprint density at radius 1 is 0.611 bits per heavy atom. The van der Waals surface area contributed by atoms with E-state index in [1.165, 1.54) is 5.56 Å². The standard InChI is InChI=1S/C49H46N3O.Pt/c1-48(2,3)39-32-42(47(53)43(33-39)49(4,5)6)45-28-35(26-34-18-10-7-11-19-34)27-44(51-45)38-29-37(36-20-12-8-13-21-36)30-41(31-38)52(40-22-14-9-15-23-40)46-24-16-17-25-50-46;/h7-25,27-30,32-33,53H,26H2,1-6H3;/q-1;. The molecule has 0 amide bonds. The van der Waals surface area contributed by atoms with Crippen molar-refractivity contribution in [3.63, 3.8) is 0 Å². The Morgan fingerprint density at radius 3 is 1.87 bits per heavy atom. The third-order valence-corrected chi connectivity index (χ3v) is 9.57. The maximum atomic E-state index is 12.0. The Morgan fingerprint density at radius 2 is 1.24 bits per heavy atom. The van der Waals surface area contributed by atoms with Crippen molar-refractivity contribution in [1.29, 1.82) is 0 Å². The van der Waals surface area contributed by atoms with Crippen LogP contribution in [0.4, 0.5) is 17.2 Å². The van der Waals surface area contributed by atoms with Gasteiger partial charge >= 0.3 is 0 Å². The van der Waals surface area contributed by atoms with Crippen LogP contribution in [0.5, 0.6) is 5.75 Å². The summed E-state index contributed by atoms with van der Waals surface area (Å²) in [5, 5.41) is 12.0. The number of aromatic hydroxyl groups is 1. The van der Waals surface area contributed by atoms with Crippen LogP contribution in [0.2, 0.25) is 0 Å². The number of phenolic OH excluding ortho intramolecular Hbond substituents is 1. The van der Waals surface area contributed by atoms with Crippen molar-refractivity contribution < 1.29 is 26.2 Å². The van der Waals surface area contributed by atoms with Crippen molar-refractivity contribution in [2.75, 3.05) is 4.90 Å². The predicted molar refractivity (Wildman–Crippen MR) is 220 cm³/mol. The Labute approximate surface area is 334 Å². The van der Waals surface area contributed by atoms with Gasteiger partial charge in [0.1, 0.15) is 11.6 Å². The van der Waals surface area contributed by atoms with Crippen LogP contribution >= 0.6 is 0 Å². The molecule has 0 saturated heterocycles. The largest absolute Gasteiger partial charge is 0.507 e. The van der Waals surface area contributed by atoms with Gasteiger partial charge in [0.15, 0.2) is 0 Å². The molecule has 7 aromatic rings. The molecule has 0 saturated carbocycles. The first-order valence-corrected chi connectivity index (χ1v) is 18.3. The van der Waals surface area contributed by atoms with E-state index in [4.69, 9.17) is 9.97 Å². The number of rotatable bonds is 8. The first-order valence-electron chi connectivity index (χ1n) is 18.3. The first-order chi connectivity index (χ1) is 25.4. The average Bonchev–Trinajstić information content (AvgIpc) is 3.15. The molecule has 1 N–H and O–H groups in total. The average molecular weight is 888 g/mol. The fourth-order valence-corrected chi connectivity index (χ4v) is 6.70. The smallest absolute Gasteiger partial charge is 0.136 e. The van der Waals surface area contributed by atoms with Crippen molar-refractivity contribution in [2.24, 2.45) is 0 Å². The summed E-state index contributed by atoms with van der Waals surface area (Å²) in [6.45, 7) is 13.1. The molecular weight excluding hydrogens is 842 g/mol. The molecule has 0 spiro atoms. The molecule has 5 heteroatoms. The van der Waals surface area contributed by atoms with E-state index in [-0.39, 0.29) is 37.6 Å². The Bertz CT molecular complexity index is 2290. The van der Waals surface area contributed by atoms with Gasteiger partial charge in [-0.1, -0.05) is 144 Å². The number of hydrogen-bond acceptors (Lipinski definition) is 4. The Balaban J connectivity index is 0.00000497.